The van der Waals surface area contributed by atoms with E-state index in [1.54, 1.807) is 36.1 Å². The van der Waals surface area contributed by atoms with Crippen LogP contribution in [0.15, 0.2) is 30.5 Å². The van der Waals surface area contributed by atoms with Crippen LogP contribution in [0.5, 0.6) is 0 Å². The molecule has 1 unspecified atom stereocenters. The van der Waals surface area contributed by atoms with Crippen molar-refractivity contribution in [3.8, 4) is 0 Å². The highest BCUT2D eigenvalue weighted by Gasteiger charge is 2.18. The summed E-state index contributed by atoms with van der Waals surface area (Å²) in [5.74, 6) is 5.79. The van der Waals surface area contributed by atoms with Crippen molar-refractivity contribution in [2.45, 2.75) is 12.5 Å². The highest BCUT2D eigenvalue weighted by Crippen LogP contribution is 2.23. The minimum atomic E-state index is -0.268. The van der Waals surface area contributed by atoms with Gasteiger partial charge in [0.2, 0.25) is 0 Å². The molecule has 1 aromatic carbocycles. The molecule has 0 aliphatic heterocycles. The standard InChI is InChI=1S/C12H16FN5/c1-18-12(14)9(7-16-18)11(17-15)6-8-4-2-3-5-10(8)13/h2-5,7,11,17H,6,14-15H2,1H3. The van der Waals surface area contributed by atoms with E-state index in [0.717, 1.165) is 5.56 Å². The summed E-state index contributed by atoms with van der Waals surface area (Å²) in [5.41, 5.74) is 9.88. The van der Waals surface area contributed by atoms with Crippen molar-refractivity contribution in [1.29, 1.82) is 0 Å². The third-order valence-electron chi connectivity index (χ3n) is 2.97. The first-order chi connectivity index (χ1) is 8.63. The van der Waals surface area contributed by atoms with Crippen LogP contribution >= 0.6 is 0 Å². The minimum absolute atomic E-state index is 0.250. The number of halogens is 1. The molecule has 2 aromatic rings. The Morgan fingerprint density at radius 1 is 1.44 bits per heavy atom. The molecule has 18 heavy (non-hydrogen) atoms. The lowest BCUT2D eigenvalue weighted by Crippen LogP contribution is -2.30. The molecule has 2 rings (SSSR count). The predicted octanol–water partition coefficient (Wildman–Crippen LogP) is 0.889. The minimum Gasteiger partial charge on any atom is -0.384 e. The molecule has 0 aliphatic carbocycles. The zero-order valence-electron chi connectivity index (χ0n) is 10.1. The molecule has 0 saturated heterocycles. The Morgan fingerprint density at radius 2 is 2.17 bits per heavy atom. The monoisotopic (exact) mass is 249 g/mol. The summed E-state index contributed by atoms with van der Waals surface area (Å²) in [5, 5.41) is 4.05. The van der Waals surface area contributed by atoms with Gasteiger partial charge in [-0.3, -0.25) is 16.0 Å². The van der Waals surface area contributed by atoms with E-state index in [2.05, 4.69) is 10.5 Å². The molecule has 1 aromatic heterocycles. The lowest BCUT2D eigenvalue weighted by molar-refractivity contribution is 0.530. The van der Waals surface area contributed by atoms with Gasteiger partial charge in [-0.15, -0.1) is 0 Å². The molecule has 0 amide bonds. The molecule has 5 N–H and O–H groups in total. The second kappa shape index (κ2) is 5.16. The number of hydrazine groups is 1. The number of aryl methyl sites for hydroxylation is 1. The molecule has 6 heteroatoms. The second-order valence-corrected chi connectivity index (χ2v) is 4.12. The molecule has 0 bridgehead atoms. The smallest absolute Gasteiger partial charge is 0.126 e. The van der Waals surface area contributed by atoms with Gasteiger partial charge in [0.05, 0.1) is 12.2 Å². The first-order valence-electron chi connectivity index (χ1n) is 5.60. The van der Waals surface area contributed by atoms with Crippen LogP contribution in [-0.2, 0) is 13.5 Å². The summed E-state index contributed by atoms with van der Waals surface area (Å²) >= 11 is 0. The molecular weight excluding hydrogens is 233 g/mol. The molecule has 0 spiro atoms. The zero-order valence-corrected chi connectivity index (χ0v) is 10.1. The number of nitrogens with zero attached hydrogens (tertiary/aromatic N) is 2. The number of aromatic nitrogens is 2. The number of rotatable bonds is 4. The van der Waals surface area contributed by atoms with E-state index >= 15 is 0 Å². The van der Waals surface area contributed by atoms with Gasteiger partial charge in [0.1, 0.15) is 11.6 Å². The molecule has 0 fully saturated rings. The average Bonchev–Trinajstić information content (AvgIpc) is 2.70. The molecular formula is C12H16FN5. The van der Waals surface area contributed by atoms with E-state index in [1.807, 2.05) is 0 Å². The van der Waals surface area contributed by atoms with Crippen LogP contribution in [0, 0.1) is 5.82 Å². The van der Waals surface area contributed by atoms with Crippen LogP contribution in [-0.4, -0.2) is 9.78 Å². The summed E-state index contributed by atoms with van der Waals surface area (Å²) in [4.78, 5) is 0. The van der Waals surface area contributed by atoms with Crippen LogP contribution in [0.1, 0.15) is 17.2 Å². The number of anilines is 1. The van der Waals surface area contributed by atoms with Crippen LogP contribution in [0.4, 0.5) is 10.2 Å². The number of hydrogen-bond donors (Lipinski definition) is 3. The van der Waals surface area contributed by atoms with Crippen molar-refractivity contribution in [1.82, 2.24) is 15.2 Å². The van der Waals surface area contributed by atoms with Gasteiger partial charge in [0, 0.05) is 12.6 Å². The van der Waals surface area contributed by atoms with Crippen LogP contribution in [0.3, 0.4) is 0 Å². The Kier molecular flexibility index (Phi) is 3.59. The highest BCUT2D eigenvalue weighted by atomic mass is 19.1. The van der Waals surface area contributed by atoms with E-state index in [0.29, 0.717) is 17.8 Å². The van der Waals surface area contributed by atoms with Crippen molar-refractivity contribution in [2.75, 3.05) is 5.73 Å². The van der Waals surface area contributed by atoms with Gasteiger partial charge in [0.25, 0.3) is 0 Å². The normalized spacial score (nSPS) is 12.6. The van der Waals surface area contributed by atoms with Crippen molar-refractivity contribution < 1.29 is 4.39 Å². The SMILES string of the molecule is Cn1ncc(C(Cc2ccccc2F)NN)c1N. The number of nitrogen functional groups attached to an aromatic ring is 1. The number of benzene rings is 1. The Labute approximate surface area is 105 Å². The van der Waals surface area contributed by atoms with Crippen molar-refractivity contribution in [3.05, 3.63) is 47.4 Å². The van der Waals surface area contributed by atoms with Gasteiger partial charge < -0.3 is 5.73 Å². The Hall–Kier alpha value is -1.92. The van der Waals surface area contributed by atoms with Crippen molar-refractivity contribution in [2.24, 2.45) is 12.9 Å². The van der Waals surface area contributed by atoms with Crippen LogP contribution < -0.4 is 17.0 Å². The van der Waals surface area contributed by atoms with E-state index in [4.69, 9.17) is 11.6 Å². The summed E-state index contributed by atoms with van der Waals surface area (Å²) in [6.07, 6.45) is 2.06. The zero-order chi connectivity index (χ0) is 13.1. The fourth-order valence-corrected chi connectivity index (χ4v) is 1.87. The fraction of sp³-hybridized carbons (Fsp3) is 0.250. The average molecular weight is 249 g/mol. The predicted molar refractivity (Wildman–Crippen MR) is 67.8 cm³/mol. The van der Waals surface area contributed by atoms with Crippen LogP contribution in [0.25, 0.3) is 0 Å². The van der Waals surface area contributed by atoms with Crippen molar-refractivity contribution in [3.63, 3.8) is 0 Å². The second-order valence-electron chi connectivity index (χ2n) is 4.12. The largest absolute Gasteiger partial charge is 0.384 e. The molecule has 0 aliphatic rings. The summed E-state index contributed by atoms with van der Waals surface area (Å²) in [6, 6.07) is 6.33. The first kappa shape index (κ1) is 12.5. The van der Waals surface area contributed by atoms with Gasteiger partial charge in [-0.05, 0) is 18.1 Å². The Morgan fingerprint density at radius 3 is 2.72 bits per heavy atom. The van der Waals surface area contributed by atoms with E-state index < -0.39 is 0 Å². The van der Waals surface area contributed by atoms with Gasteiger partial charge in [-0.2, -0.15) is 5.10 Å². The maximum Gasteiger partial charge on any atom is 0.126 e. The molecule has 96 valence electrons. The Balaban J connectivity index is 2.25. The van der Waals surface area contributed by atoms with E-state index in [9.17, 15) is 4.39 Å². The van der Waals surface area contributed by atoms with Crippen LogP contribution in [0.2, 0.25) is 0 Å². The van der Waals surface area contributed by atoms with Crippen molar-refractivity contribution >= 4 is 5.82 Å². The molecule has 1 heterocycles. The lowest BCUT2D eigenvalue weighted by Gasteiger charge is -2.15. The molecule has 0 saturated carbocycles. The highest BCUT2D eigenvalue weighted by molar-refractivity contribution is 5.41. The quantitative estimate of drug-likeness (QED) is 0.555. The number of nitrogens with two attached hydrogens (primary N) is 2. The first-order valence-corrected chi connectivity index (χ1v) is 5.60. The maximum absolute atomic E-state index is 13.6. The summed E-state index contributed by atoms with van der Waals surface area (Å²) in [7, 11) is 1.75. The van der Waals surface area contributed by atoms with Gasteiger partial charge in [-0.1, -0.05) is 18.2 Å². The molecule has 0 radical (unpaired) electrons. The lowest BCUT2D eigenvalue weighted by atomic mass is 10.0. The topological polar surface area (TPSA) is 81.9 Å². The third kappa shape index (κ3) is 2.34. The van der Waals surface area contributed by atoms with E-state index in [-0.39, 0.29) is 11.9 Å². The fourth-order valence-electron chi connectivity index (χ4n) is 1.87. The summed E-state index contributed by atoms with van der Waals surface area (Å²) in [6.45, 7) is 0. The van der Waals surface area contributed by atoms with E-state index in [1.165, 1.54) is 6.07 Å². The maximum atomic E-state index is 13.6. The van der Waals surface area contributed by atoms with Gasteiger partial charge in [0.15, 0.2) is 0 Å². The third-order valence-corrected chi connectivity index (χ3v) is 2.97. The number of nitrogens with one attached hydrogen (secondary N) is 1. The molecule has 5 nitrogen and oxygen atoms in total. The number of hydrogen-bond acceptors (Lipinski definition) is 4. The van der Waals surface area contributed by atoms with Gasteiger partial charge in [-0.25, -0.2) is 4.39 Å². The Bertz CT molecular complexity index is 537. The summed E-state index contributed by atoms with van der Waals surface area (Å²) < 4.78 is 15.1. The molecule has 1 atom stereocenters. The van der Waals surface area contributed by atoms with Gasteiger partial charge >= 0.3 is 0 Å².